The van der Waals surface area contributed by atoms with E-state index < -0.39 is 0 Å². The van der Waals surface area contributed by atoms with E-state index >= 15 is 0 Å². The minimum atomic E-state index is -0.349. The number of hydrogen-bond donors (Lipinski definition) is 2. The lowest BCUT2D eigenvalue weighted by atomic mass is 10.2. The van der Waals surface area contributed by atoms with Crippen LogP contribution < -0.4 is 15.4 Å². The fourth-order valence-electron chi connectivity index (χ4n) is 2.82. The summed E-state index contributed by atoms with van der Waals surface area (Å²) in [6.07, 6.45) is 0. The lowest BCUT2D eigenvalue weighted by Crippen LogP contribution is -2.49. The average molecular weight is 366 g/mol. The summed E-state index contributed by atoms with van der Waals surface area (Å²) < 4.78 is 24.6. The molecule has 1 atom stereocenters. The first-order valence-corrected chi connectivity index (χ1v) is 9.39. The second-order valence-electron chi connectivity index (χ2n) is 6.27. The van der Waals surface area contributed by atoms with Gasteiger partial charge in [0.25, 0.3) is 0 Å². The number of morpholine rings is 1. The number of hydrogen-bond acceptors (Lipinski definition) is 4. The molecule has 0 bridgehead atoms. The molecule has 1 fully saturated rings. The quantitative estimate of drug-likeness (QED) is 0.544. The first kappa shape index (κ1) is 20.5. The van der Waals surface area contributed by atoms with Crippen molar-refractivity contribution in [3.8, 4) is 5.75 Å². The number of guanidine groups is 1. The molecule has 1 aromatic carbocycles. The third-order valence-electron chi connectivity index (χ3n) is 4.29. The van der Waals surface area contributed by atoms with Crippen molar-refractivity contribution < 1.29 is 13.9 Å². The molecule has 0 spiro atoms. The van der Waals surface area contributed by atoms with Crippen molar-refractivity contribution in [2.45, 2.75) is 33.4 Å². The Labute approximate surface area is 155 Å². The molecular formula is C19H31FN4O2. The van der Waals surface area contributed by atoms with Crippen molar-refractivity contribution in [2.24, 2.45) is 4.99 Å². The van der Waals surface area contributed by atoms with Crippen molar-refractivity contribution in [1.29, 1.82) is 0 Å². The topological polar surface area (TPSA) is 58.1 Å². The highest BCUT2D eigenvalue weighted by atomic mass is 19.1. The van der Waals surface area contributed by atoms with Gasteiger partial charge in [0.1, 0.15) is 0 Å². The molecule has 1 aliphatic heterocycles. The summed E-state index contributed by atoms with van der Waals surface area (Å²) in [4.78, 5) is 6.97. The fraction of sp³-hybridized carbons (Fsp3) is 0.632. The van der Waals surface area contributed by atoms with Crippen LogP contribution in [-0.4, -0.2) is 62.9 Å². The number of benzene rings is 1. The molecule has 1 heterocycles. The Hall–Kier alpha value is -1.86. The Morgan fingerprint density at radius 1 is 1.31 bits per heavy atom. The Bertz CT molecular complexity index is 577. The minimum absolute atomic E-state index is 0.282. The summed E-state index contributed by atoms with van der Waals surface area (Å²) in [6, 6.07) is 5.38. The zero-order valence-electron chi connectivity index (χ0n) is 16.1. The standard InChI is InChI=1S/C19H31FN4O2/c1-4-21-19(22-13-15(3)24-8-10-25-11-9-24)23-14-16-6-7-18(26-5-2)17(20)12-16/h6-7,12,15H,4-5,8-11,13-14H2,1-3H3,(H2,21,22,23). The average Bonchev–Trinajstić information content (AvgIpc) is 2.66. The molecule has 0 aromatic heterocycles. The molecule has 146 valence electrons. The summed E-state index contributed by atoms with van der Waals surface area (Å²) in [5.41, 5.74) is 0.810. The highest BCUT2D eigenvalue weighted by Gasteiger charge is 2.17. The summed E-state index contributed by atoms with van der Waals surface area (Å²) in [6.45, 7) is 12.0. The van der Waals surface area contributed by atoms with Crippen molar-refractivity contribution in [3.63, 3.8) is 0 Å². The molecule has 1 unspecified atom stereocenters. The number of rotatable bonds is 8. The Kier molecular flexibility index (Phi) is 8.64. The van der Waals surface area contributed by atoms with E-state index in [4.69, 9.17) is 9.47 Å². The Balaban J connectivity index is 1.90. The van der Waals surface area contributed by atoms with E-state index in [0.29, 0.717) is 19.2 Å². The van der Waals surface area contributed by atoms with Gasteiger partial charge >= 0.3 is 0 Å². The van der Waals surface area contributed by atoms with Gasteiger partial charge in [-0.25, -0.2) is 9.38 Å². The third-order valence-corrected chi connectivity index (χ3v) is 4.29. The van der Waals surface area contributed by atoms with Gasteiger partial charge in [-0.2, -0.15) is 0 Å². The zero-order valence-corrected chi connectivity index (χ0v) is 16.1. The van der Waals surface area contributed by atoms with Crippen LogP contribution in [0, 0.1) is 5.82 Å². The second kappa shape index (κ2) is 11.0. The van der Waals surface area contributed by atoms with Gasteiger partial charge < -0.3 is 20.1 Å². The molecule has 0 radical (unpaired) electrons. The summed E-state index contributed by atoms with van der Waals surface area (Å²) >= 11 is 0. The molecule has 1 saturated heterocycles. The highest BCUT2D eigenvalue weighted by Crippen LogP contribution is 2.18. The van der Waals surface area contributed by atoms with Crippen LogP contribution in [0.1, 0.15) is 26.3 Å². The van der Waals surface area contributed by atoms with Crippen LogP contribution in [-0.2, 0) is 11.3 Å². The van der Waals surface area contributed by atoms with Crippen LogP contribution in [0.2, 0.25) is 0 Å². The molecule has 26 heavy (non-hydrogen) atoms. The van der Waals surface area contributed by atoms with Gasteiger partial charge in [0.2, 0.25) is 0 Å². The number of halogens is 1. The van der Waals surface area contributed by atoms with Gasteiger partial charge in [-0.15, -0.1) is 0 Å². The molecule has 6 nitrogen and oxygen atoms in total. The lowest BCUT2D eigenvalue weighted by molar-refractivity contribution is 0.0211. The maximum absolute atomic E-state index is 13.9. The number of nitrogens with zero attached hydrogens (tertiary/aromatic N) is 2. The zero-order chi connectivity index (χ0) is 18.8. The van der Waals surface area contributed by atoms with Crippen LogP contribution >= 0.6 is 0 Å². The van der Waals surface area contributed by atoms with Crippen molar-refractivity contribution in [3.05, 3.63) is 29.6 Å². The largest absolute Gasteiger partial charge is 0.491 e. The molecule has 0 amide bonds. The highest BCUT2D eigenvalue weighted by molar-refractivity contribution is 5.79. The number of aliphatic imine (C=N–C) groups is 1. The van der Waals surface area contributed by atoms with E-state index in [0.717, 1.165) is 50.9 Å². The van der Waals surface area contributed by atoms with Gasteiger partial charge in [-0.1, -0.05) is 6.07 Å². The van der Waals surface area contributed by atoms with E-state index in [1.54, 1.807) is 6.07 Å². The monoisotopic (exact) mass is 366 g/mol. The smallest absolute Gasteiger partial charge is 0.191 e. The van der Waals surface area contributed by atoms with E-state index in [9.17, 15) is 4.39 Å². The van der Waals surface area contributed by atoms with Gasteiger partial charge in [0, 0.05) is 32.2 Å². The fourth-order valence-corrected chi connectivity index (χ4v) is 2.82. The van der Waals surface area contributed by atoms with Gasteiger partial charge in [-0.3, -0.25) is 4.90 Å². The van der Waals surface area contributed by atoms with Crippen LogP contribution in [0.4, 0.5) is 4.39 Å². The SMILES string of the molecule is CCNC(=NCc1ccc(OCC)c(F)c1)NCC(C)N1CCOCC1. The molecule has 0 aliphatic carbocycles. The normalized spacial score (nSPS) is 17.0. The van der Waals surface area contributed by atoms with Crippen molar-refractivity contribution >= 4 is 5.96 Å². The third kappa shape index (κ3) is 6.46. The minimum Gasteiger partial charge on any atom is -0.491 e. The molecule has 0 saturated carbocycles. The van der Waals surface area contributed by atoms with Gasteiger partial charge in [0.05, 0.1) is 26.4 Å². The van der Waals surface area contributed by atoms with E-state index in [-0.39, 0.29) is 11.6 Å². The molecule has 1 aliphatic rings. The van der Waals surface area contributed by atoms with Crippen LogP contribution in [0.5, 0.6) is 5.75 Å². The molecule has 1 aromatic rings. The first-order valence-electron chi connectivity index (χ1n) is 9.39. The molecule has 7 heteroatoms. The number of ether oxygens (including phenoxy) is 2. The lowest BCUT2D eigenvalue weighted by Gasteiger charge is -2.32. The predicted molar refractivity (Wildman–Crippen MR) is 102 cm³/mol. The predicted octanol–water partition coefficient (Wildman–Crippen LogP) is 2.00. The molecule has 2 N–H and O–H groups in total. The van der Waals surface area contributed by atoms with Gasteiger partial charge in [0.15, 0.2) is 17.5 Å². The van der Waals surface area contributed by atoms with Crippen molar-refractivity contribution in [1.82, 2.24) is 15.5 Å². The molecule has 2 rings (SSSR count). The van der Waals surface area contributed by atoms with E-state index in [2.05, 4.69) is 27.4 Å². The summed E-state index contributed by atoms with van der Waals surface area (Å²) in [7, 11) is 0. The van der Waals surface area contributed by atoms with Gasteiger partial charge in [-0.05, 0) is 38.5 Å². The van der Waals surface area contributed by atoms with Crippen LogP contribution in [0.3, 0.4) is 0 Å². The van der Waals surface area contributed by atoms with E-state index in [1.165, 1.54) is 6.07 Å². The first-order chi connectivity index (χ1) is 12.6. The summed E-state index contributed by atoms with van der Waals surface area (Å²) in [5, 5.41) is 6.61. The second-order valence-corrected chi connectivity index (χ2v) is 6.27. The maximum atomic E-state index is 13.9. The van der Waals surface area contributed by atoms with Crippen LogP contribution in [0.15, 0.2) is 23.2 Å². The van der Waals surface area contributed by atoms with E-state index in [1.807, 2.05) is 19.9 Å². The maximum Gasteiger partial charge on any atom is 0.191 e. The number of nitrogens with one attached hydrogen (secondary N) is 2. The Morgan fingerprint density at radius 3 is 2.73 bits per heavy atom. The van der Waals surface area contributed by atoms with Crippen molar-refractivity contribution in [2.75, 3.05) is 46.0 Å². The Morgan fingerprint density at radius 2 is 2.08 bits per heavy atom. The van der Waals surface area contributed by atoms with Crippen LogP contribution in [0.25, 0.3) is 0 Å². The molecular weight excluding hydrogens is 335 g/mol. The summed E-state index contributed by atoms with van der Waals surface area (Å²) in [5.74, 6) is 0.671.